The van der Waals surface area contributed by atoms with Gasteiger partial charge in [-0.05, 0) is 37.2 Å². The number of benzene rings is 2. The highest BCUT2D eigenvalue weighted by atomic mass is 32.2. The van der Waals surface area contributed by atoms with Gasteiger partial charge in [0.25, 0.3) is 0 Å². The number of Topliss-reactive ketones (excluding diaryl/α,β-unsaturated/α-hetero) is 2. The Morgan fingerprint density at radius 1 is 0.600 bits per heavy atom. The molecule has 132 valence electrons. The van der Waals surface area contributed by atoms with Gasteiger partial charge >= 0.3 is 0 Å². The second-order valence-electron chi connectivity index (χ2n) is 6.10. The highest BCUT2D eigenvalue weighted by molar-refractivity contribution is 7.99. The maximum Gasteiger partial charge on any atom is 0.162 e. The number of hydrogen-bond acceptors (Lipinski definition) is 3. The molecule has 0 fully saturated rings. The van der Waals surface area contributed by atoms with Gasteiger partial charge in [0, 0.05) is 24.0 Å². The molecule has 2 aromatic rings. The van der Waals surface area contributed by atoms with Crippen LogP contribution in [0, 0.1) is 0 Å². The fourth-order valence-electron chi connectivity index (χ4n) is 2.62. The summed E-state index contributed by atoms with van der Waals surface area (Å²) in [5, 5.41) is 0. The fraction of sp³-hybridized carbons (Fsp3) is 0.364. The van der Waals surface area contributed by atoms with E-state index in [-0.39, 0.29) is 11.6 Å². The SMILES string of the molecule is O=C(CCCCSCCCCC(=O)c1ccccc1)c1ccccc1. The molecule has 0 aliphatic carbocycles. The molecule has 0 spiro atoms. The zero-order valence-corrected chi connectivity index (χ0v) is 15.5. The minimum Gasteiger partial charge on any atom is -0.294 e. The summed E-state index contributed by atoms with van der Waals surface area (Å²) < 4.78 is 0. The van der Waals surface area contributed by atoms with Gasteiger partial charge in [-0.3, -0.25) is 9.59 Å². The molecular formula is C22H26O2S. The summed E-state index contributed by atoms with van der Waals surface area (Å²) in [6.07, 6.45) is 5.32. The predicted octanol–water partition coefficient (Wildman–Crippen LogP) is 5.83. The number of ketones is 2. The molecule has 2 rings (SSSR count). The number of carbonyl (C=O) groups excluding carboxylic acids is 2. The van der Waals surface area contributed by atoms with E-state index in [1.165, 1.54) is 0 Å². The van der Waals surface area contributed by atoms with Gasteiger partial charge in [0.15, 0.2) is 11.6 Å². The Hall–Kier alpha value is -1.87. The van der Waals surface area contributed by atoms with Crippen molar-refractivity contribution in [1.29, 1.82) is 0 Å². The lowest BCUT2D eigenvalue weighted by atomic mass is 10.1. The first-order valence-electron chi connectivity index (χ1n) is 9.01. The predicted molar refractivity (Wildman–Crippen MR) is 107 cm³/mol. The van der Waals surface area contributed by atoms with Gasteiger partial charge in [0.05, 0.1) is 0 Å². The van der Waals surface area contributed by atoms with E-state index in [1.54, 1.807) is 0 Å². The smallest absolute Gasteiger partial charge is 0.162 e. The van der Waals surface area contributed by atoms with Crippen molar-refractivity contribution < 1.29 is 9.59 Å². The van der Waals surface area contributed by atoms with E-state index >= 15 is 0 Å². The van der Waals surface area contributed by atoms with E-state index in [2.05, 4.69) is 0 Å². The van der Waals surface area contributed by atoms with E-state index in [0.29, 0.717) is 12.8 Å². The van der Waals surface area contributed by atoms with Crippen molar-refractivity contribution in [3.63, 3.8) is 0 Å². The van der Waals surface area contributed by atoms with Crippen molar-refractivity contribution in [2.75, 3.05) is 11.5 Å². The summed E-state index contributed by atoms with van der Waals surface area (Å²) in [6, 6.07) is 19.0. The minimum atomic E-state index is 0.241. The largest absolute Gasteiger partial charge is 0.294 e. The average molecular weight is 355 g/mol. The lowest BCUT2D eigenvalue weighted by molar-refractivity contribution is 0.0972. The molecule has 25 heavy (non-hydrogen) atoms. The highest BCUT2D eigenvalue weighted by Gasteiger charge is 2.05. The van der Waals surface area contributed by atoms with Gasteiger partial charge in [0.1, 0.15) is 0 Å². The number of thioether (sulfide) groups is 1. The Labute approximate surface area is 155 Å². The number of carbonyl (C=O) groups is 2. The summed E-state index contributed by atoms with van der Waals surface area (Å²) in [4.78, 5) is 23.9. The molecule has 0 aliphatic heterocycles. The lowest BCUT2D eigenvalue weighted by Gasteiger charge is -2.03. The summed E-state index contributed by atoms with van der Waals surface area (Å²) >= 11 is 1.93. The van der Waals surface area contributed by atoms with Gasteiger partial charge in [-0.25, -0.2) is 0 Å². The van der Waals surface area contributed by atoms with Crippen LogP contribution in [0.5, 0.6) is 0 Å². The van der Waals surface area contributed by atoms with Crippen LogP contribution in [0.3, 0.4) is 0 Å². The van der Waals surface area contributed by atoms with Crippen molar-refractivity contribution in [1.82, 2.24) is 0 Å². The summed E-state index contributed by atoms with van der Waals surface area (Å²) in [7, 11) is 0. The Bertz CT molecular complexity index is 580. The van der Waals surface area contributed by atoms with Crippen LogP contribution in [-0.4, -0.2) is 23.1 Å². The first-order chi connectivity index (χ1) is 12.3. The van der Waals surface area contributed by atoms with Crippen molar-refractivity contribution in [2.45, 2.75) is 38.5 Å². The van der Waals surface area contributed by atoms with E-state index in [4.69, 9.17) is 0 Å². The number of unbranched alkanes of at least 4 members (excludes halogenated alkanes) is 2. The molecule has 0 unspecified atom stereocenters. The Balaban J connectivity index is 1.45. The van der Waals surface area contributed by atoms with Crippen molar-refractivity contribution >= 4 is 23.3 Å². The van der Waals surface area contributed by atoms with E-state index in [0.717, 1.165) is 48.3 Å². The molecule has 2 aromatic carbocycles. The maximum atomic E-state index is 12.0. The second-order valence-corrected chi connectivity index (χ2v) is 7.33. The van der Waals surface area contributed by atoms with Crippen LogP contribution in [-0.2, 0) is 0 Å². The number of rotatable bonds is 12. The van der Waals surface area contributed by atoms with Gasteiger partial charge in [-0.1, -0.05) is 60.7 Å². The first-order valence-corrected chi connectivity index (χ1v) is 10.2. The van der Waals surface area contributed by atoms with Crippen molar-refractivity contribution in [2.24, 2.45) is 0 Å². The van der Waals surface area contributed by atoms with Gasteiger partial charge in [-0.15, -0.1) is 0 Å². The molecule has 2 nitrogen and oxygen atoms in total. The summed E-state index contributed by atoms with van der Waals surface area (Å²) in [5.41, 5.74) is 1.64. The van der Waals surface area contributed by atoms with Gasteiger partial charge in [0.2, 0.25) is 0 Å². The second kappa shape index (κ2) is 11.6. The van der Waals surface area contributed by atoms with Crippen LogP contribution >= 0.6 is 11.8 Å². The third-order valence-electron chi connectivity index (χ3n) is 4.08. The third-order valence-corrected chi connectivity index (χ3v) is 5.23. The fourth-order valence-corrected chi connectivity index (χ4v) is 3.64. The van der Waals surface area contributed by atoms with Crippen LogP contribution in [0.4, 0.5) is 0 Å². The Morgan fingerprint density at radius 3 is 1.40 bits per heavy atom. The molecule has 0 saturated carbocycles. The molecule has 0 saturated heterocycles. The van der Waals surface area contributed by atoms with Crippen molar-refractivity contribution in [3.8, 4) is 0 Å². The van der Waals surface area contributed by atoms with Gasteiger partial charge in [-0.2, -0.15) is 11.8 Å². The first kappa shape index (κ1) is 19.5. The van der Waals surface area contributed by atoms with E-state index in [9.17, 15) is 9.59 Å². The molecule has 0 bridgehead atoms. The molecule has 0 aromatic heterocycles. The topological polar surface area (TPSA) is 34.1 Å². The summed E-state index contributed by atoms with van der Waals surface area (Å²) in [6.45, 7) is 0. The molecule has 3 heteroatoms. The highest BCUT2D eigenvalue weighted by Crippen LogP contribution is 2.13. The average Bonchev–Trinajstić information content (AvgIpc) is 2.67. The number of hydrogen-bond donors (Lipinski definition) is 0. The van der Waals surface area contributed by atoms with Crippen LogP contribution in [0.1, 0.15) is 59.2 Å². The lowest BCUT2D eigenvalue weighted by Crippen LogP contribution is -1.99. The van der Waals surface area contributed by atoms with Crippen molar-refractivity contribution in [3.05, 3.63) is 71.8 Å². The monoisotopic (exact) mass is 354 g/mol. The molecule has 0 aliphatic rings. The molecule has 0 heterocycles. The van der Waals surface area contributed by atoms with Crippen LogP contribution in [0.2, 0.25) is 0 Å². The zero-order chi connectivity index (χ0) is 17.7. The Kier molecular flexibility index (Phi) is 9.06. The van der Waals surface area contributed by atoms with Crippen LogP contribution in [0.25, 0.3) is 0 Å². The molecule has 0 N–H and O–H groups in total. The van der Waals surface area contributed by atoms with E-state index in [1.807, 2.05) is 72.4 Å². The quantitative estimate of drug-likeness (QED) is 0.355. The van der Waals surface area contributed by atoms with E-state index < -0.39 is 0 Å². The molecular weight excluding hydrogens is 328 g/mol. The summed E-state index contributed by atoms with van der Waals surface area (Å²) in [5.74, 6) is 2.67. The van der Waals surface area contributed by atoms with Crippen LogP contribution in [0.15, 0.2) is 60.7 Å². The molecule has 0 atom stereocenters. The van der Waals surface area contributed by atoms with Gasteiger partial charge < -0.3 is 0 Å². The third kappa shape index (κ3) is 7.70. The zero-order valence-electron chi connectivity index (χ0n) is 14.7. The van der Waals surface area contributed by atoms with Crippen LogP contribution < -0.4 is 0 Å². The molecule has 0 amide bonds. The molecule has 0 radical (unpaired) electrons. The normalized spacial score (nSPS) is 10.6. The maximum absolute atomic E-state index is 12.0. The standard InChI is InChI=1S/C22H26O2S/c23-21(19-11-3-1-4-12-19)15-7-9-17-25-18-10-8-16-22(24)20-13-5-2-6-14-20/h1-6,11-14H,7-10,15-18H2. The minimum absolute atomic E-state index is 0.241. The Morgan fingerprint density at radius 2 is 1.00 bits per heavy atom.